The summed E-state index contributed by atoms with van der Waals surface area (Å²) in [6.45, 7) is 12.5. The summed E-state index contributed by atoms with van der Waals surface area (Å²) in [7, 11) is -10.1. The number of aromatic nitrogens is 9. The van der Waals surface area contributed by atoms with Gasteiger partial charge in [0.15, 0.2) is 40.7 Å². The van der Waals surface area contributed by atoms with Gasteiger partial charge in [0.05, 0.1) is 0 Å². The number of hydrogen-bond acceptors (Lipinski definition) is 13. The van der Waals surface area contributed by atoms with E-state index in [4.69, 9.17) is 34.9 Å². The minimum absolute atomic E-state index is 0. The van der Waals surface area contributed by atoms with Crippen LogP contribution in [0.1, 0.15) is 63.1 Å². The van der Waals surface area contributed by atoms with Crippen molar-refractivity contribution < 1.29 is 78.8 Å². The molecule has 17 aromatic carbocycles. The first-order chi connectivity index (χ1) is 68.8. The second kappa shape index (κ2) is 42.8. The van der Waals surface area contributed by atoms with Crippen LogP contribution in [0, 0.1) is 45.9 Å². The van der Waals surface area contributed by atoms with Gasteiger partial charge in [-0.15, -0.1) is 89.5 Å². The van der Waals surface area contributed by atoms with Crippen LogP contribution in [0.25, 0.3) is 134 Å². The Kier molecular flexibility index (Phi) is 29.6. The number of aryl methyl sites for hydroxylation is 4. The average molecular weight is 2450 g/mol. The molecule has 23 rings (SSSR count). The van der Waals surface area contributed by atoms with E-state index >= 15 is 13.7 Å². The second-order valence-corrected chi connectivity index (χ2v) is 44.0. The Bertz CT molecular complexity index is 8350. The fourth-order valence-electron chi connectivity index (χ4n) is 18.8. The van der Waals surface area contributed by atoms with Crippen molar-refractivity contribution in [3.05, 3.63) is 506 Å². The van der Waals surface area contributed by atoms with Crippen molar-refractivity contribution in [2.75, 3.05) is 0 Å². The van der Waals surface area contributed by atoms with E-state index < -0.39 is 26.8 Å². The van der Waals surface area contributed by atoms with Crippen molar-refractivity contribution in [1.82, 2.24) is 44.9 Å². The van der Waals surface area contributed by atoms with Gasteiger partial charge in [-0.05, 0) is 124 Å². The number of fused-ring (bicyclic) bond motifs is 5. The molecule has 1 aliphatic rings. The summed E-state index contributed by atoms with van der Waals surface area (Å²) < 4.78 is 47.0. The summed E-state index contributed by atoms with van der Waals surface area (Å²) >= 11 is 0. The minimum Gasteiger partial charge on any atom is -0.319 e. The molecule has 0 aliphatic heterocycles. The number of carbonyl (C=O) groups excluding carboxylic acids is 1. The molecule has 0 amide bonds. The molecule has 0 saturated carbocycles. The predicted octanol–water partition coefficient (Wildman–Crippen LogP) is 25.5. The van der Waals surface area contributed by atoms with Gasteiger partial charge < -0.3 is 28.6 Å². The molecule has 1 aliphatic carbocycles. The molecule has 705 valence electrons. The quantitative estimate of drug-likeness (QED) is 0.0584. The molecule has 19 heteroatoms. The van der Waals surface area contributed by atoms with E-state index in [0.717, 1.165) is 149 Å². The molecule has 13 nitrogen and oxygen atoms in total. The van der Waals surface area contributed by atoms with Gasteiger partial charge in [-0.25, -0.2) is 29.9 Å². The van der Waals surface area contributed by atoms with Crippen LogP contribution in [0.2, 0.25) is 0 Å². The van der Waals surface area contributed by atoms with E-state index in [-0.39, 0.29) is 66.1 Å². The minimum atomic E-state index is -3.70. The van der Waals surface area contributed by atoms with Crippen LogP contribution in [0.4, 0.5) is 0 Å². The Morgan fingerprint density at radius 3 is 0.896 bits per heavy atom. The van der Waals surface area contributed by atoms with Crippen LogP contribution in [0.15, 0.2) is 443 Å². The van der Waals surface area contributed by atoms with Gasteiger partial charge in [0.1, 0.15) is 21.4 Å². The maximum Gasteiger partial charge on any atom is 0.193 e. The largest absolute Gasteiger partial charge is 0.319 e. The number of rotatable bonds is 18. The fourth-order valence-corrected chi connectivity index (χ4v) is 27.1. The molecule has 1 unspecified atom stereocenters. The Balaban J connectivity index is 0.000000151. The van der Waals surface area contributed by atoms with Gasteiger partial charge >= 0.3 is 0 Å². The molecule has 5 heterocycles. The van der Waals surface area contributed by atoms with Gasteiger partial charge in [0, 0.05) is 161 Å². The molecule has 0 bridgehead atoms. The summed E-state index contributed by atoms with van der Waals surface area (Å²) in [5, 5.41) is 13.0. The van der Waals surface area contributed by atoms with E-state index in [1.165, 1.54) is 0 Å². The zero-order chi connectivity index (χ0) is 96.4. The van der Waals surface area contributed by atoms with Crippen molar-refractivity contribution in [1.29, 1.82) is 0 Å². The number of nitrogens with zero attached hydrogens (tertiary/aromatic N) is 9. The van der Waals surface area contributed by atoms with Crippen molar-refractivity contribution >= 4 is 107 Å². The normalized spacial score (nSPS) is 12.3. The standard InChI is InChI=1S/C57H37N7OP.C37H27NO2P.C31H27NOP.3Ir/c65-66(48-33-31-39(32-34-48)51-37-44-25-13-14-26-47(44)38-58-51,49-29-15-27-45(35-49)56-61-52(40-17-5-1-6-18-40)59-53(62-56)41-19-7-2-8-20-41)50-30-16-28-46(36-50)57-63-54(42-21-9-3-10-22-42)60-55(64-57)43-23-11-4-12-24-43;1-37(2)33-15-9-8-14-31(33)36(39)32-21-20-30(23-34(32)37)41(40,28-12-4-3-5-13-28)29-18-16-25(17-19-29)35-22-26-10-6-7-11-27(26)24-38-35;1-21-9-15-30(23(3)17-21)34(33,31-16-10-22(2)18-24(31)4)28-13-11-25(12-14-28)29-19-26-7-5-6-8-27(26)20-32-29;;;/h1-31,33-38H;3-16,18-24H,1-2H3;5-11,13-20H,1-4H3;;;/q3*-1;;;. The maximum absolute atomic E-state index is 16.6. The first-order valence-corrected chi connectivity index (χ1v) is 51.8. The second-order valence-electron chi connectivity index (χ2n) is 35.8. The van der Waals surface area contributed by atoms with E-state index in [9.17, 15) is 4.79 Å². The molecule has 3 radical (unpaired) electrons. The molecule has 0 spiro atoms. The van der Waals surface area contributed by atoms with Gasteiger partial charge in [-0.1, -0.05) is 387 Å². The summed E-state index contributed by atoms with van der Waals surface area (Å²) in [6, 6.07) is 149. The van der Waals surface area contributed by atoms with Crippen molar-refractivity contribution in [3.63, 3.8) is 0 Å². The summed E-state index contributed by atoms with van der Waals surface area (Å²) in [6.07, 6.45) is 5.63. The van der Waals surface area contributed by atoms with E-state index in [1.807, 2.05) is 377 Å². The fraction of sp³-hybridized carbons (Fsp3) is 0.0560. The van der Waals surface area contributed by atoms with Crippen LogP contribution in [-0.4, -0.2) is 50.6 Å². The van der Waals surface area contributed by atoms with Gasteiger partial charge in [0.25, 0.3) is 0 Å². The molecular weight excluding hydrogens is 2360 g/mol. The topological polar surface area (TPSA) is 184 Å². The van der Waals surface area contributed by atoms with Crippen LogP contribution < -0.4 is 47.7 Å². The first kappa shape index (κ1) is 99.4. The summed E-state index contributed by atoms with van der Waals surface area (Å²) in [4.78, 5) is 57.3. The van der Waals surface area contributed by atoms with Crippen LogP contribution >= 0.6 is 21.4 Å². The molecule has 5 aromatic heterocycles. The molecule has 1 atom stereocenters. The first-order valence-electron chi connectivity index (χ1n) is 46.7. The number of ketones is 1. The third-order valence-corrected chi connectivity index (χ3v) is 35.6. The SMILES string of the molecule is CC1(C)c2ccccc2C(=O)c2ccc(P(=O)(c3c[c-]c(-c4cc5ccccc5cn4)cc3)c3ccccc3)cc21.Cc1ccc(P(=O)(c2c[c-]c(-c3cc4ccccc4cn3)cc2)c2ccc(C)cc2C)c(C)c1.O=P(c1c[c-]c(-c2cc3ccccc3cn2)cc1)(c1cccc(-c2nc(-c3ccccc3)nc(-c3ccccc3)n2)c1)c1cccc(-c2nc(-c3ccccc3)nc(-c3ccccc3)n2)c1.[Ir].[Ir].[Ir]. The van der Waals surface area contributed by atoms with Crippen LogP contribution in [0.3, 0.4) is 0 Å². The Morgan fingerprint density at radius 2 is 0.535 bits per heavy atom. The third kappa shape index (κ3) is 19.9. The van der Waals surface area contributed by atoms with Crippen molar-refractivity contribution in [3.8, 4) is 102 Å². The van der Waals surface area contributed by atoms with Crippen LogP contribution in [0.5, 0.6) is 0 Å². The summed E-state index contributed by atoms with van der Waals surface area (Å²) in [5.74, 6) is 3.08. The Labute approximate surface area is 878 Å². The Hall–Kier alpha value is -14.7. The van der Waals surface area contributed by atoms with E-state index in [1.54, 1.807) is 0 Å². The van der Waals surface area contributed by atoms with Crippen molar-refractivity contribution in [2.24, 2.45) is 0 Å². The molecule has 0 fully saturated rings. The van der Waals surface area contributed by atoms with Gasteiger partial charge in [0.2, 0.25) is 0 Å². The van der Waals surface area contributed by atoms with Crippen molar-refractivity contribution in [2.45, 2.75) is 47.0 Å². The molecular formula is C125H91Ir3N9O4P3-3. The van der Waals surface area contributed by atoms with Crippen LogP contribution in [-0.2, 0) is 79.4 Å². The number of carbonyl (C=O) groups is 1. The number of hydrogen-bond donors (Lipinski definition) is 0. The number of benzene rings is 17. The number of pyridine rings is 3. The molecule has 0 saturated heterocycles. The average Bonchev–Trinajstić information content (AvgIpc) is 0.712. The monoisotopic (exact) mass is 2450 g/mol. The van der Waals surface area contributed by atoms with Gasteiger partial charge in [-0.3, -0.25) is 4.79 Å². The zero-order valence-electron chi connectivity index (χ0n) is 79.1. The summed E-state index contributed by atoms with van der Waals surface area (Å²) in [5.41, 5.74) is 17.1. The van der Waals surface area contributed by atoms with E-state index in [0.29, 0.717) is 78.2 Å². The van der Waals surface area contributed by atoms with Gasteiger partial charge in [-0.2, -0.15) is 0 Å². The smallest absolute Gasteiger partial charge is 0.193 e. The maximum atomic E-state index is 16.6. The van der Waals surface area contributed by atoms with E-state index in [2.05, 4.69) is 136 Å². The zero-order valence-corrected chi connectivity index (χ0v) is 89.0. The molecule has 144 heavy (non-hydrogen) atoms. The molecule has 22 aromatic rings. The molecule has 0 N–H and O–H groups in total. The predicted molar refractivity (Wildman–Crippen MR) is 577 cm³/mol. The Morgan fingerprint density at radius 1 is 0.243 bits per heavy atom. The third-order valence-electron chi connectivity index (χ3n) is 26.2.